The highest BCUT2D eigenvalue weighted by atomic mass is 35.5. The number of hydrogen-bond donors (Lipinski definition) is 2. The highest BCUT2D eigenvalue weighted by Crippen LogP contribution is 2.31. The molecule has 0 atom stereocenters. The zero-order valence-corrected chi connectivity index (χ0v) is 17.3. The van der Waals surface area contributed by atoms with Gasteiger partial charge in [-0.1, -0.05) is 37.6 Å². The molecular formula is C22H26ClN3O2. The van der Waals surface area contributed by atoms with Crippen LogP contribution in [0.2, 0.25) is 5.02 Å². The number of ether oxygens (including phenoxy) is 1. The number of nitrogens with zero attached hydrogens (tertiary/aromatic N) is 1. The van der Waals surface area contributed by atoms with Crippen molar-refractivity contribution in [3.63, 3.8) is 0 Å². The highest BCUT2D eigenvalue weighted by Gasteiger charge is 2.12. The molecule has 0 unspecified atom stereocenters. The Morgan fingerprint density at radius 3 is 2.82 bits per heavy atom. The van der Waals surface area contributed by atoms with Gasteiger partial charge in [0.05, 0.1) is 11.0 Å². The lowest BCUT2D eigenvalue weighted by atomic mass is 10.0. The number of carbonyl (C=O) groups is 1. The molecule has 28 heavy (non-hydrogen) atoms. The Morgan fingerprint density at radius 1 is 1.29 bits per heavy atom. The summed E-state index contributed by atoms with van der Waals surface area (Å²) in [7, 11) is 0. The third-order valence-corrected chi connectivity index (χ3v) is 5.03. The van der Waals surface area contributed by atoms with Crippen molar-refractivity contribution in [2.45, 2.75) is 39.5 Å². The maximum Gasteiger partial charge on any atom is 0.257 e. The zero-order valence-electron chi connectivity index (χ0n) is 16.5. The first-order valence-electron chi connectivity index (χ1n) is 9.57. The van der Waals surface area contributed by atoms with Gasteiger partial charge in [0.15, 0.2) is 6.61 Å². The van der Waals surface area contributed by atoms with Gasteiger partial charge in [-0.2, -0.15) is 0 Å². The van der Waals surface area contributed by atoms with Gasteiger partial charge in [-0.05, 0) is 54.7 Å². The van der Waals surface area contributed by atoms with E-state index in [1.807, 2.05) is 43.3 Å². The molecule has 148 valence electrons. The van der Waals surface area contributed by atoms with Gasteiger partial charge in [-0.25, -0.2) is 4.98 Å². The Labute approximate surface area is 170 Å². The van der Waals surface area contributed by atoms with Gasteiger partial charge in [0, 0.05) is 18.0 Å². The number of rotatable bonds is 8. The molecule has 0 aliphatic rings. The normalized spacial score (nSPS) is 11.2. The van der Waals surface area contributed by atoms with Crippen molar-refractivity contribution in [3.8, 4) is 5.75 Å². The van der Waals surface area contributed by atoms with E-state index in [0.29, 0.717) is 17.3 Å². The number of H-pyrrole nitrogens is 1. The third kappa shape index (κ3) is 5.04. The van der Waals surface area contributed by atoms with Gasteiger partial charge in [0.25, 0.3) is 5.91 Å². The average Bonchev–Trinajstić information content (AvgIpc) is 3.08. The van der Waals surface area contributed by atoms with Crippen LogP contribution in [0.25, 0.3) is 11.0 Å². The molecule has 0 radical (unpaired) electrons. The summed E-state index contributed by atoms with van der Waals surface area (Å²) in [4.78, 5) is 20.0. The van der Waals surface area contributed by atoms with Crippen LogP contribution in [0.1, 0.15) is 43.1 Å². The second-order valence-corrected chi connectivity index (χ2v) is 7.64. The molecule has 0 aliphatic carbocycles. The minimum atomic E-state index is -0.132. The maximum absolute atomic E-state index is 12.1. The molecule has 3 aromatic rings. The lowest BCUT2D eigenvalue weighted by Crippen LogP contribution is -2.30. The number of aryl methyl sites for hydroxylation is 2. The first-order valence-corrected chi connectivity index (χ1v) is 9.95. The molecule has 1 amide bonds. The van der Waals surface area contributed by atoms with Crippen molar-refractivity contribution < 1.29 is 9.53 Å². The van der Waals surface area contributed by atoms with Gasteiger partial charge in [-0.3, -0.25) is 4.79 Å². The van der Waals surface area contributed by atoms with Gasteiger partial charge in [-0.15, -0.1) is 0 Å². The number of imidazole rings is 1. The highest BCUT2D eigenvalue weighted by molar-refractivity contribution is 6.31. The molecule has 3 rings (SSSR count). The van der Waals surface area contributed by atoms with Crippen LogP contribution in [0.15, 0.2) is 36.4 Å². The Bertz CT molecular complexity index is 933. The van der Waals surface area contributed by atoms with Crippen LogP contribution in [-0.2, 0) is 11.2 Å². The van der Waals surface area contributed by atoms with Crippen molar-refractivity contribution in [3.05, 3.63) is 58.4 Å². The Balaban J connectivity index is 1.45. The summed E-state index contributed by atoms with van der Waals surface area (Å²) in [5.74, 6) is 1.78. The van der Waals surface area contributed by atoms with Crippen LogP contribution < -0.4 is 10.1 Å². The Kier molecular flexibility index (Phi) is 6.57. The van der Waals surface area contributed by atoms with E-state index in [1.54, 1.807) is 0 Å². The topological polar surface area (TPSA) is 67.0 Å². The summed E-state index contributed by atoms with van der Waals surface area (Å²) in [5, 5.41) is 3.61. The SMILES string of the molecule is Cc1cc(OCC(=O)NCCCc2nc3ccccc3[nH]2)c(C(C)C)cc1Cl. The summed E-state index contributed by atoms with van der Waals surface area (Å²) in [6.07, 6.45) is 1.59. The number of nitrogens with one attached hydrogen (secondary N) is 2. The van der Waals surface area contributed by atoms with Crippen LogP contribution in [0.3, 0.4) is 0 Å². The standard InChI is InChI=1S/C22H26ClN3O2/c1-14(2)16-12-17(23)15(3)11-20(16)28-13-22(27)24-10-6-9-21-25-18-7-4-5-8-19(18)26-21/h4-5,7-8,11-12,14H,6,9-10,13H2,1-3H3,(H,24,27)(H,25,26). The van der Waals surface area contributed by atoms with Crippen LogP contribution in [0.4, 0.5) is 0 Å². The third-order valence-electron chi connectivity index (χ3n) is 4.62. The van der Waals surface area contributed by atoms with Gasteiger partial charge in [0.2, 0.25) is 0 Å². The monoisotopic (exact) mass is 399 g/mol. The minimum Gasteiger partial charge on any atom is -0.483 e. The van der Waals surface area contributed by atoms with E-state index in [1.165, 1.54) is 0 Å². The molecule has 0 spiro atoms. The molecule has 5 nitrogen and oxygen atoms in total. The average molecular weight is 400 g/mol. The van der Waals surface area contributed by atoms with Crippen LogP contribution in [0.5, 0.6) is 5.75 Å². The lowest BCUT2D eigenvalue weighted by Gasteiger charge is -2.16. The number of fused-ring (bicyclic) bond motifs is 1. The van der Waals surface area contributed by atoms with Crippen molar-refractivity contribution >= 4 is 28.5 Å². The van der Waals surface area contributed by atoms with E-state index >= 15 is 0 Å². The van der Waals surface area contributed by atoms with E-state index in [-0.39, 0.29) is 18.4 Å². The predicted molar refractivity (Wildman–Crippen MR) is 113 cm³/mol. The number of hydrogen-bond acceptors (Lipinski definition) is 3. The maximum atomic E-state index is 12.1. The summed E-state index contributed by atoms with van der Waals surface area (Å²) >= 11 is 6.21. The fourth-order valence-electron chi connectivity index (χ4n) is 3.05. The van der Waals surface area contributed by atoms with Crippen molar-refractivity contribution in [1.29, 1.82) is 0 Å². The van der Waals surface area contributed by atoms with E-state index in [4.69, 9.17) is 16.3 Å². The number of aromatic nitrogens is 2. The van der Waals surface area contributed by atoms with E-state index in [0.717, 1.165) is 40.8 Å². The number of carbonyl (C=O) groups excluding carboxylic acids is 1. The number of amides is 1. The van der Waals surface area contributed by atoms with Gasteiger partial charge in [0.1, 0.15) is 11.6 Å². The molecule has 2 N–H and O–H groups in total. The van der Waals surface area contributed by atoms with E-state index in [9.17, 15) is 4.79 Å². The fraction of sp³-hybridized carbons (Fsp3) is 0.364. The molecule has 0 fully saturated rings. The largest absolute Gasteiger partial charge is 0.483 e. The second kappa shape index (κ2) is 9.11. The Morgan fingerprint density at radius 2 is 2.07 bits per heavy atom. The van der Waals surface area contributed by atoms with E-state index in [2.05, 4.69) is 29.1 Å². The van der Waals surface area contributed by atoms with Crippen molar-refractivity contribution in [1.82, 2.24) is 15.3 Å². The first-order chi connectivity index (χ1) is 13.4. The smallest absolute Gasteiger partial charge is 0.257 e. The lowest BCUT2D eigenvalue weighted by molar-refractivity contribution is -0.123. The van der Waals surface area contributed by atoms with Crippen LogP contribution >= 0.6 is 11.6 Å². The summed E-state index contributed by atoms with van der Waals surface area (Å²) in [6, 6.07) is 11.8. The Hall–Kier alpha value is -2.53. The van der Waals surface area contributed by atoms with Crippen LogP contribution in [0, 0.1) is 6.92 Å². The molecule has 1 aromatic heterocycles. The van der Waals surface area contributed by atoms with E-state index < -0.39 is 0 Å². The molecule has 0 aliphatic heterocycles. The molecule has 2 aromatic carbocycles. The zero-order chi connectivity index (χ0) is 20.1. The first kappa shape index (κ1) is 20.2. The number of benzene rings is 2. The van der Waals surface area contributed by atoms with Crippen molar-refractivity contribution in [2.24, 2.45) is 0 Å². The molecular weight excluding hydrogens is 374 g/mol. The second-order valence-electron chi connectivity index (χ2n) is 7.24. The minimum absolute atomic E-state index is 0.00850. The molecule has 0 saturated carbocycles. The number of para-hydroxylation sites is 2. The summed E-state index contributed by atoms with van der Waals surface area (Å²) in [5.41, 5.74) is 3.95. The summed E-state index contributed by atoms with van der Waals surface area (Å²) in [6.45, 7) is 6.65. The molecule has 6 heteroatoms. The molecule has 1 heterocycles. The quantitative estimate of drug-likeness (QED) is 0.536. The number of halogens is 1. The summed E-state index contributed by atoms with van der Waals surface area (Å²) < 4.78 is 5.76. The predicted octanol–water partition coefficient (Wildman–Crippen LogP) is 4.78. The number of aromatic amines is 1. The van der Waals surface area contributed by atoms with Crippen molar-refractivity contribution in [2.75, 3.05) is 13.2 Å². The van der Waals surface area contributed by atoms with Gasteiger partial charge >= 0.3 is 0 Å². The molecule has 0 saturated heterocycles. The fourth-order valence-corrected chi connectivity index (χ4v) is 3.22. The van der Waals surface area contributed by atoms with Crippen LogP contribution in [-0.4, -0.2) is 29.0 Å². The molecule has 0 bridgehead atoms. The van der Waals surface area contributed by atoms with Gasteiger partial charge < -0.3 is 15.0 Å².